The summed E-state index contributed by atoms with van der Waals surface area (Å²) in [5, 5.41) is 9.89. The number of aromatic nitrogens is 5. The van der Waals surface area contributed by atoms with Crippen molar-refractivity contribution in [3.8, 4) is 0 Å². The molecule has 130 valence electrons. The SMILES string of the molecule is CC(C)Cc1nc(NC(=O)C(C)n2cnc3ccccc3c2=O)n[nH]1. The van der Waals surface area contributed by atoms with Crippen LogP contribution in [0.3, 0.4) is 0 Å². The van der Waals surface area contributed by atoms with Crippen LogP contribution in [0.2, 0.25) is 0 Å². The summed E-state index contributed by atoms with van der Waals surface area (Å²) in [4.78, 5) is 33.5. The van der Waals surface area contributed by atoms with Gasteiger partial charge in [0, 0.05) is 6.42 Å². The molecule has 0 spiro atoms. The van der Waals surface area contributed by atoms with Gasteiger partial charge in [0.05, 0.1) is 17.2 Å². The Bertz CT molecular complexity index is 959. The Morgan fingerprint density at radius 2 is 2.04 bits per heavy atom. The van der Waals surface area contributed by atoms with E-state index in [-0.39, 0.29) is 17.4 Å². The third kappa shape index (κ3) is 3.57. The predicted octanol–water partition coefficient (Wildman–Crippen LogP) is 1.91. The molecule has 0 aliphatic carbocycles. The standard InChI is InChI=1S/C17H20N6O2/c1-10(2)8-14-19-17(22-21-14)20-15(24)11(3)23-9-18-13-7-5-4-6-12(13)16(23)25/h4-7,9-11H,8H2,1-3H3,(H2,19,20,21,22,24). The van der Waals surface area contributed by atoms with Crippen molar-refractivity contribution in [2.75, 3.05) is 5.32 Å². The maximum atomic E-state index is 12.6. The zero-order valence-electron chi connectivity index (χ0n) is 14.4. The van der Waals surface area contributed by atoms with Gasteiger partial charge in [0.25, 0.3) is 5.56 Å². The highest BCUT2D eigenvalue weighted by Crippen LogP contribution is 2.11. The number of hydrogen-bond donors (Lipinski definition) is 2. The van der Waals surface area contributed by atoms with Crippen molar-refractivity contribution in [1.82, 2.24) is 24.7 Å². The topological polar surface area (TPSA) is 106 Å². The molecule has 2 N–H and O–H groups in total. The fourth-order valence-electron chi connectivity index (χ4n) is 2.53. The van der Waals surface area contributed by atoms with Crippen LogP contribution in [-0.2, 0) is 11.2 Å². The van der Waals surface area contributed by atoms with Crippen LogP contribution in [0, 0.1) is 5.92 Å². The summed E-state index contributed by atoms with van der Waals surface area (Å²) in [7, 11) is 0. The third-order valence-electron chi connectivity index (χ3n) is 3.86. The van der Waals surface area contributed by atoms with E-state index in [2.05, 4.69) is 39.3 Å². The average Bonchev–Trinajstić information content (AvgIpc) is 3.01. The summed E-state index contributed by atoms with van der Waals surface area (Å²) in [6, 6.07) is 6.30. The van der Waals surface area contributed by atoms with Crippen LogP contribution in [0.5, 0.6) is 0 Å². The summed E-state index contributed by atoms with van der Waals surface area (Å²) in [5.41, 5.74) is 0.340. The number of fused-ring (bicyclic) bond motifs is 1. The van der Waals surface area contributed by atoms with Crippen molar-refractivity contribution >= 4 is 22.8 Å². The summed E-state index contributed by atoms with van der Waals surface area (Å²) in [5.74, 6) is 0.962. The predicted molar refractivity (Wildman–Crippen MR) is 94.3 cm³/mol. The number of amides is 1. The number of nitrogens with zero attached hydrogens (tertiary/aromatic N) is 4. The Morgan fingerprint density at radius 1 is 1.28 bits per heavy atom. The molecule has 0 radical (unpaired) electrons. The van der Waals surface area contributed by atoms with E-state index in [4.69, 9.17) is 0 Å². The Hall–Kier alpha value is -3.03. The molecule has 8 nitrogen and oxygen atoms in total. The van der Waals surface area contributed by atoms with Crippen LogP contribution >= 0.6 is 0 Å². The number of rotatable bonds is 5. The number of aromatic amines is 1. The number of para-hydroxylation sites is 1. The summed E-state index contributed by atoms with van der Waals surface area (Å²) in [6.45, 7) is 5.78. The summed E-state index contributed by atoms with van der Waals surface area (Å²) in [6.07, 6.45) is 2.13. The molecule has 2 aromatic heterocycles. The number of carbonyl (C=O) groups excluding carboxylic acids is 1. The molecular weight excluding hydrogens is 320 g/mol. The van der Waals surface area contributed by atoms with Crippen LogP contribution in [0.4, 0.5) is 5.95 Å². The first-order chi connectivity index (χ1) is 12.0. The quantitative estimate of drug-likeness (QED) is 0.738. The van der Waals surface area contributed by atoms with E-state index < -0.39 is 6.04 Å². The first kappa shape index (κ1) is 16.8. The minimum Gasteiger partial charge on any atom is -0.291 e. The molecule has 1 atom stereocenters. The van der Waals surface area contributed by atoms with E-state index in [0.717, 1.165) is 6.42 Å². The van der Waals surface area contributed by atoms with Gasteiger partial charge in [-0.1, -0.05) is 26.0 Å². The van der Waals surface area contributed by atoms with Crippen LogP contribution in [0.1, 0.15) is 32.6 Å². The third-order valence-corrected chi connectivity index (χ3v) is 3.86. The van der Waals surface area contributed by atoms with E-state index in [9.17, 15) is 9.59 Å². The van der Waals surface area contributed by atoms with Gasteiger partial charge in [-0.05, 0) is 25.0 Å². The summed E-state index contributed by atoms with van der Waals surface area (Å²) >= 11 is 0. The Morgan fingerprint density at radius 3 is 2.80 bits per heavy atom. The van der Waals surface area contributed by atoms with Crippen molar-refractivity contribution in [2.45, 2.75) is 33.2 Å². The van der Waals surface area contributed by atoms with Crippen molar-refractivity contribution in [3.05, 3.63) is 46.8 Å². The van der Waals surface area contributed by atoms with Gasteiger partial charge in [0.1, 0.15) is 11.9 Å². The molecule has 1 aromatic carbocycles. The number of carbonyl (C=O) groups is 1. The Labute approximate surface area is 144 Å². The number of nitrogens with one attached hydrogen (secondary N) is 2. The second kappa shape index (κ2) is 6.84. The first-order valence-electron chi connectivity index (χ1n) is 8.13. The van der Waals surface area contributed by atoms with Crippen molar-refractivity contribution in [2.24, 2.45) is 5.92 Å². The lowest BCUT2D eigenvalue weighted by atomic mass is 10.1. The van der Waals surface area contributed by atoms with Gasteiger partial charge in [-0.15, -0.1) is 5.10 Å². The highest BCUT2D eigenvalue weighted by Gasteiger charge is 2.19. The second-order valence-electron chi connectivity index (χ2n) is 6.34. The zero-order chi connectivity index (χ0) is 18.0. The molecule has 0 saturated carbocycles. The highest BCUT2D eigenvalue weighted by atomic mass is 16.2. The number of H-pyrrole nitrogens is 1. The maximum Gasteiger partial charge on any atom is 0.261 e. The van der Waals surface area contributed by atoms with Crippen molar-refractivity contribution < 1.29 is 4.79 Å². The average molecular weight is 340 g/mol. The molecule has 3 rings (SSSR count). The van der Waals surface area contributed by atoms with Gasteiger partial charge in [0.2, 0.25) is 11.9 Å². The summed E-state index contributed by atoms with van der Waals surface area (Å²) < 4.78 is 1.30. The van der Waals surface area contributed by atoms with Crippen molar-refractivity contribution in [1.29, 1.82) is 0 Å². The molecular formula is C17H20N6O2. The lowest BCUT2D eigenvalue weighted by Crippen LogP contribution is -2.32. The number of benzene rings is 1. The van der Waals surface area contributed by atoms with Crippen LogP contribution in [0.15, 0.2) is 35.4 Å². The molecule has 3 aromatic rings. The monoisotopic (exact) mass is 340 g/mol. The van der Waals surface area contributed by atoms with Gasteiger partial charge < -0.3 is 0 Å². The molecule has 1 unspecified atom stereocenters. The lowest BCUT2D eigenvalue weighted by molar-refractivity contribution is -0.118. The molecule has 0 saturated heterocycles. The van der Waals surface area contributed by atoms with Gasteiger partial charge in [-0.25, -0.2) is 4.98 Å². The van der Waals surface area contributed by atoms with Crippen LogP contribution in [-0.4, -0.2) is 30.6 Å². The molecule has 0 fully saturated rings. The van der Waals surface area contributed by atoms with Gasteiger partial charge in [0.15, 0.2) is 0 Å². The van der Waals surface area contributed by atoms with E-state index in [1.54, 1.807) is 25.1 Å². The molecule has 25 heavy (non-hydrogen) atoms. The minimum absolute atomic E-state index is 0.203. The number of hydrogen-bond acceptors (Lipinski definition) is 5. The Balaban J connectivity index is 1.80. The normalized spacial score (nSPS) is 12.5. The fraction of sp³-hybridized carbons (Fsp3) is 0.353. The molecule has 8 heteroatoms. The van der Waals surface area contributed by atoms with Crippen molar-refractivity contribution in [3.63, 3.8) is 0 Å². The lowest BCUT2D eigenvalue weighted by Gasteiger charge is -2.13. The van der Waals surface area contributed by atoms with Gasteiger partial charge >= 0.3 is 0 Å². The molecule has 0 bridgehead atoms. The largest absolute Gasteiger partial charge is 0.291 e. The molecule has 0 aliphatic rings. The van der Waals surface area contributed by atoms with Crippen LogP contribution < -0.4 is 10.9 Å². The molecule has 2 heterocycles. The van der Waals surface area contributed by atoms with Crippen LogP contribution in [0.25, 0.3) is 10.9 Å². The number of anilines is 1. The zero-order valence-corrected chi connectivity index (χ0v) is 14.4. The van der Waals surface area contributed by atoms with E-state index in [1.165, 1.54) is 10.9 Å². The fourth-order valence-corrected chi connectivity index (χ4v) is 2.53. The molecule has 0 aliphatic heterocycles. The Kier molecular flexibility index (Phi) is 4.60. The minimum atomic E-state index is -0.739. The molecule has 1 amide bonds. The smallest absolute Gasteiger partial charge is 0.261 e. The van der Waals surface area contributed by atoms with E-state index in [0.29, 0.717) is 22.6 Å². The van der Waals surface area contributed by atoms with E-state index in [1.807, 2.05) is 6.07 Å². The van der Waals surface area contributed by atoms with Gasteiger partial charge in [-0.3, -0.25) is 24.6 Å². The highest BCUT2D eigenvalue weighted by molar-refractivity contribution is 5.92. The first-order valence-corrected chi connectivity index (χ1v) is 8.13. The van der Waals surface area contributed by atoms with E-state index >= 15 is 0 Å². The maximum absolute atomic E-state index is 12.6. The van der Waals surface area contributed by atoms with Gasteiger partial charge in [-0.2, -0.15) is 4.98 Å². The second-order valence-corrected chi connectivity index (χ2v) is 6.34.